The first-order chi connectivity index (χ1) is 7.31. The molecule has 0 amide bonds. The van der Waals surface area contributed by atoms with E-state index in [1.807, 2.05) is 0 Å². The number of halogens is 1. The smallest absolute Gasteiger partial charge is 0.205 e. The van der Waals surface area contributed by atoms with E-state index in [0.717, 1.165) is 48.6 Å². The summed E-state index contributed by atoms with van der Waals surface area (Å²) in [5.41, 5.74) is 0. The summed E-state index contributed by atoms with van der Waals surface area (Å²) in [6.45, 7) is 6.38. The fourth-order valence-corrected chi connectivity index (χ4v) is 2.39. The summed E-state index contributed by atoms with van der Waals surface area (Å²) in [6.07, 6.45) is 3.26. The van der Waals surface area contributed by atoms with E-state index < -0.39 is 0 Å². The van der Waals surface area contributed by atoms with Crippen molar-refractivity contribution in [3.8, 4) is 0 Å². The summed E-state index contributed by atoms with van der Waals surface area (Å²) in [7, 11) is 0. The number of aromatic nitrogens is 2. The summed E-state index contributed by atoms with van der Waals surface area (Å²) in [4.78, 5) is 6.83. The largest absolute Gasteiger partial charge is 0.347 e. The van der Waals surface area contributed by atoms with Crippen LogP contribution >= 0.6 is 27.5 Å². The number of rotatable bonds is 7. The highest BCUT2D eigenvalue weighted by Crippen LogP contribution is 2.18. The fourth-order valence-electron chi connectivity index (χ4n) is 1.34. The highest BCUT2D eigenvalue weighted by atomic mass is 79.9. The van der Waals surface area contributed by atoms with Crippen molar-refractivity contribution in [2.75, 3.05) is 23.3 Å². The molecule has 0 fully saturated rings. The van der Waals surface area contributed by atoms with E-state index in [0.29, 0.717) is 0 Å². The summed E-state index contributed by atoms with van der Waals surface area (Å²) >= 11 is 4.97. The molecule has 1 rings (SSSR count). The third-order valence-electron chi connectivity index (χ3n) is 2.14. The van der Waals surface area contributed by atoms with Crippen LogP contribution in [0.15, 0.2) is 0 Å². The highest BCUT2D eigenvalue weighted by molar-refractivity contribution is 9.09. The molecular weight excluding hydrogens is 274 g/mol. The summed E-state index contributed by atoms with van der Waals surface area (Å²) in [5, 5.41) is 2.12. The van der Waals surface area contributed by atoms with Crippen LogP contribution in [0.2, 0.25) is 0 Å². The zero-order chi connectivity index (χ0) is 11.1. The van der Waals surface area contributed by atoms with E-state index in [2.05, 4.69) is 44.0 Å². The summed E-state index contributed by atoms with van der Waals surface area (Å²) in [6, 6.07) is 0. The van der Waals surface area contributed by atoms with Gasteiger partial charge in [-0.05, 0) is 19.8 Å². The van der Waals surface area contributed by atoms with Gasteiger partial charge in [-0.3, -0.25) is 0 Å². The maximum atomic E-state index is 4.54. The zero-order valence-electron chi connectivity index (χ0n) is 9.37. The molecule has 15 heavy (non-hydrogen) atoms. The van der Waals surface area contributed by atoms with Crippen LogP contribution < -0.4 is 4.90 Å². The molecule has 5 heteroatoms. The van der Waals surface area contributed by atoms with Gasteiger partial charge in [0.05, 0.1) is 0 Å². The third-order valence-corrected chi connectivity index (χ3v) is 3.52. The van der Waals surface area contributed by atoms with Crippen molar-refractivity contribution in [1.29, 1.82) is 0 Å². The molecule has 0 bridgehead atoms. The van der Waals surface area contributed by atoms with Crippen molar-refractivity contribution in [3.63, 3.8) is 0 Å². The monoisotopic (exact) mass is 291 g/mol. The average molecular weight is 292 g/mol. The SMILES string of the molecule is CCCc1nsc(N(CC)CCCBr)n1. The molecule has 0 atom stereocenters. The molecule has 0 unspecified atom stereocenters. The first-order valence-corrected chi connectivity index (χ1v) is 7.34. The first-order valence-electron chi connectivity index (χ1n) is 5.45. The van der Waals surface area contributed by atoms with Gasteiger partial charge in [0.15, 0.2) is 0 Å². The van der Waals surface area contributed by atoms with Crippen LogP contribution in [0.25, 0.3) is 0 Å². The Balaban J connectivity index is 2.57. The predicted octanol–water partition coefficient (Wildman–Crippen LogP) is 3.10. The van der Waals surface area contributed by atoms with E-state index in [9.17, 15) is 0 Å². The Morgan fingerprint density at radius 2 is 2.20 bits per heavy atom. The number of hydrogen-bond donors (Lipinski definition) is 0. The van der Waals surface area contributed by atoms with Crippen molar-refractivity contribution in [3.05, 3.63) is 5.82 Å². The lowest BCUT2D eigenvalue weighted by atomic mass is 10.3. The van der Waals surface area contributed by atoms with Crippen LogP contribution in [0.1, 0.15) is 32.5 Å². The van der Waals surface area contributed by atoms with Crippen molar-refractivity contribution >= 4 is 32.6 Å². The van der Waals surface area contributed by atoms with Gasteiger partial charge in [0, 0.05) is 36.4 Å². The minimum Gasteiger partial charge on any atom is -0.347 e. The number of aryl methyl sites for hydroxylation is 1. The standard InChI is InChI=1S/C10H18BrN3S/c1-3-6-9-12-10(15-13-9)14(4-2)8-5-7-11/h3-8H2,1-2H3. The number of alkyl halides is 1. The van der Waals surface area contributed by atoms with Crippen molar-refractivity contribution in [2.24, 2.45) is 0 Å². The van der Waals surface area contributed by atoms with Gasteiger partial charge in [-0.15, -0.1) is 0 Å². The Kier molecular flexibility index (Phi) is 6.17. The maximum Gasteiger partial charge on any atom is 0.205 e. The minimum absolute atomic E-state index is 0.993. The van der Waals surface area contributed by atoms with Crippen LogP contribution in [0.3, 0.4) is 0 Å². The maximum absolute atomic E-state index is 4.54. The Bertz CT molecular complexity index is 277. The van der Waals surface area contributed by atoms with Gasteiger partial charge < -0.3 is 4.90 Å². The number of nitrogens with zero attached hydrogens (tertiary/aromatic N) is 3. The normalized spacial score (nSPS) is 10.6. The lowest BCUT2D eigenvalue weighted by molar-refractivity contribution is 0.786. The van der Waals surface area contributed by atoms with Crippen LogP contribution in [0.5, 0.6) is 0 Å². The molecule has 0 N–H and O–H groups in total. The predicted molar refractivity (Wildman–Crippen MR) is 70.2 cm³/mol. The van der Waals surface area contributed by atoms with Gasteiger partial charge in [-0.25, -0.2) is 4.98 Å². The molecule has 86 valence electrons. The minimum atomic E-state index is 0.993. The molecular formula is C10H18BrN3S. The Labute approximate surface area is 104 Å². The highest BCUT2D eigenvalue weighted by Gasteiger charge is 2.09. The molecule has 0 aliphatic carbocycles. The van der Waals surface area contributed by atoms with Gasteiger partial charge in [0.1, 0.15) is 5.82 Å². The van der Waals surface area contributed by atoms with E-state index >= 15 is 0 Å². The van der Waals surface area contributed by atoms with Crippen molar-refractivity contribution in [1.82, 2.24) is 9.36 Å². The van der Waals surface area contributed by atoms with Crippen LogP contribution in [0, 0.1) is 0 Å². The second-order valence-corrected chi connectivity index (χ2v) is 4.89. The van der Waals surface area contributed by atoms with Crippen LogP contribution in [-0.4, -0.2) is 27.8 Å². The second kappa shape index (κ2) is 7.17. The first kappa shape index (κ1) is 12.9. The molecule has 0 aromatic carbocycles. The van der Waals surface area contributed by atoms with Crippen molar-refractivity contribution in [2.45, 2.75) is 33.1 Å². The Morgan fingerprint density at radius 1 is 1.40 bits per heavy atom. The van der Waals surface area contributed by atoms with E-state index in [4.69, 9.17) is 0 Å². The number of hydrogen-bond acceptors (Lipinski definition) is 4. The van der Waals surface area contributed by atoms with Gasteiger partial charge in [0.2, 0.25) is 5.13 Å². The van der Waals surface area contributed by atoms with Gasteiger partial charge >= 0.3 is 0 Å². The molecule has 0 spiro atoms. The van der Waals surface area contributed by atoms with Crippen molar-refractivity contribution < 1.29 is 0 Å². The molecule has 1 aromatic heterocycles. The van der Waals surface area contributed by atoms with Gasteiger partial charge in [0.25, 0.3) is 0 Å². The summed E-state index contributed by atoms with van der Waals surface area (Å²) in [5.74, 6) is 0.995. The Morgan fingerprint density at radius 3 is 2.80 bits per heavy atom. The molecule has 0 saturated heterocycles. The molecule has 0 aliphatic heterocycles. The molecule has 3 nitrogen and oxygen atoms in total. The third kappa shape index (κ3) is 4.07. The lowest BCUT2D eigenvalue weighted by Gasteiger charge is -2.18. The average Bonchev–Trinajstić information content (AvgIpc) is 2.68. The number of anilines is 1. The molecule has 0 saturated carbocycles. The summed E-state index contributed by atoms with van der Waals surface area (Å²) < 4.78 is 4.36. The topological polar surface area (TPSA) is 29.0 Å². The quantitative estimate of drug-likeness (QED) is 0.723. The van der Waals surface area contributed by atoms with Crippen LogP contribution in [0.4, 0.5) is 5.13 Å². The molecule has 1 aromatic rings. The molecule has 0 radical (unpaired) electrons. The Hall–Kier alpha value is -0.160. The van der Waals surface area contributed by atoms with Gasteiger partial charge in [-0.2, -0.15) is 4.37 Å². The van der Waals surface area contributed by atoms with E-state index in [-0.39, 0.29) is 0 Å². The van der Waals surface area contributed by atoms with Gasteiger partial charge in [-0.1, -0.05) is 22.9 Å². The lowest BCUT2D eigenvalue weighted by Crippen LogP contribution is -2.24. The fraction of sp³-hybridized carbons (Fsp3) is 0.800. The van der Waals surface area contributed by atoms with E-state index in [1.54, 1.807) is 0 Å². The zero-order valence-corrected chi connectivity index (χ0v) is 11.8. The van der Waals surface area contributed by atoms with E-state index in [1.165, 1.54) is 11.5 Å². The molecule has 1 heterocycles. The van der Waals surface area contributed by atoms with Crippen LogP contribution in [-0.2, 0) is 6.42 Å². The molecule has 0 aliphatic rings. The second-order valence-electron chi connectivity index (χ2n) is 3.37.